The minimum absolute atomic E-state index is 0.126. The summed E-state index contributed by atoms with van der Waals surface area (Å²) >= 11 is 0. The Morgan fingerprint density at radius 3 is 2.70 bits per heavy atom. The summed E-state index contributed by atoms with van der Waals surface area (Å²) in [6.45, 7) is 5.88. The molecule has 1 heterocycles. The largest absolute Gasteiger partial charge is 0.355 e. The Morgan fingerprint density at radius 2 is 2.04 bits per heavy atom. The summed E-state index contributed by atoms with van der Waals surface area (Å²) in [5.74, 6) is -0.318. The zero-order valence-corrected chi connectivity index (χ0v) is 14.4. The number of hydrogen-bond donors (Lipinski definition) is 1. The van der Waals surface area contributed by atoms with Gasteiger partial charge in [-0.15, -0.1) is 0 Å². The number of pyridine rings is 1. The molecule has 0 saturated carbocycles. The van der Waals surface area contributed by atoms with Crippen LogP contribution in [-0.2, 0) is 14.8 Å². The van der Waals surface area contributed by atoms with E-state index in [0.717, 1.165) is 15.3 Å². The highest BCUT2D eigenvalue weighted by Crippen LogP contribution is 2.24. The molecular weight excluding hydrogens is 314 g/mol. The van der Waals surface area contributed by atoms with Gasteiger partial charge in [-0.1, -0.05) is 19.1 Å². The average molecular weight is 335 g/mol. The third-order valence-corrected chi connectivity index (χ3v) is 5.43. The number of aromatic nitrogens is 1. The predicted molar refractivity (Wildman–Crippen MR) is 89.6 cm³/mol. The lowest BCUT2D eigenvalue weighted by molar-refractivity contribution is -0.121. The minimum atomic E-state index is -3.79. The van der Waals surface area contributed by atoms with Crippen LogP contribution in [-0.4, -0.2) is 43.2 Å². The molecule has 0 spiro atoms. The molecule has 0 unspecified atom stereocenters. The molecule has 1 amide bonds. The molecule has 0 radical (unpaired) electrons. The van der Waals surface area contributed by atoms with Crippen molar-refractivity contribution in [1.29, 1.82) is 0 Å². The number of likely N-dealkylation sites (N-methyl/N-ethyl adjacent to an activating group) is 2. The first-order valence-corrected chi connectivity index (χ1v) is 8.96. The maximum absolute atomic E-state index is 12.9. The fourth-order valence-electron chi connectivity index (χ4n) is 2.37. The molecule has 23 heavy (non-hydrogen) atoms. The van der Waals surface area contributed by atoms with Gasteiger partial charge in [0.1, 0.15) is 4.90 Å². The molecule has 124 valence electrons. The van der Waals surface area contributed by atoms with Crippen molar-refractivity contribution in [2.75, 3.05) is 19.6 Å². The quantitative estimate of drug-likeness (QED) is 0.871. The number of rotatable bonds is 6. The summed E-state index contributed by atoms with van der Waals surface area (Å²) in [7, 11) is -3.79. The van der Waals surface area contributed by atoms with E-state index in [1.54, 1.807) is 26.1 Å². The maximum atomic E-state index is 12.9. The standard InChI is InChI=1S/C16H21N3O3S/c1-4-17-15(20)11-19(5-2)23(21,22)14-8-6-7-13-9-12(3)10-18-16(13)14/h6-10H,4-5,11H2,1-3H3,(H,17,20). The summed E-state index contributed by atoms with van der Waals surface area (Å²) < 4.78 is 27.0. The van der Waals surface area contributed by atoms with Crippen LogP contribution in [0, 0.1) is 6.92 Å². The van der Waals surface area contributed by atoms with Crippen LogP contribution in [0.15, 0.2) is 35.4 Å². The van der Waals surface area contributed by atoms with E-state index in [2.05, 4.69) is 10.3 Å². The lowest BCUT2D eigenvalue weighted by Crippen LogP contribution is -2.40. The number of fused-ring (bicyclic) bond motifs is 1. The van der Waals surface area contributed by atoms with E-state index in [1.807, 2.05) is 19.1 Å². The summed E-state index contributed by atoms with van der Waals surface area (Å²) in [6.07, 6.45) is 1.64. The topological polar surface area (TPSA) is 79.4 Å². The Hall–Kier alpha value is -1.99. The molecule has 7 heteroatoms. The van der Waals surface area contributed by atoms with Crippen LogP contribution in [0.1, 0.15) is 19.4 Å². The highest BCUT2D eigenvalue weighted by Gasteiger charge is 2.27. The van der Waals surface area contributed by atoms with E-state index >= 15 is 0 Å². The number of benzene rings is 1. The van der Waals surface area contributed by atoms with Gasteiger partial charge in [-0.25, -0.2) is 8.42 Å². The Morgan fingerprint density at radius 1 is 1.30 bits per heavy atom. The minimum Gasteiger partial charge on any atom is -0.355 e. The van der Waals surface area contributed by atoms with Crippen molar-refractivity contribution in [3.63, 3.8) is 0 Å². The van der Waals surface area contributed by atoms with Crippen molar-refractivity contribution < 1.29 is 13.2 Å². The van der Waals surface area contributed by atoms with Crippen LogP contribution >= 0.6 is 0 Å². The average Bonchev–Trinajstić information content (AvgIpc) is 2.51. The Balaban J connectivity index is 2.48. The van der Waals surface area contributed by atoms with Crippen LogP contribution in [0.2, 0.25) is 0 Å². The smallest absolute Gasteiger partial charge is 0.245 e. The molecule has 0 bridgehead atoms. The monoisotopic (exact) mass is 335 g/mol. The molecule has 6 nitrogen and oxygen atoms in total. The Bertz CT molecular complexity index is 818. The molecule has 0 fully saturated rings. The number of carbonyl (C=O) groups is 1. The van der Waals surface area contributed by atoms with E-state index in [-0.39, 0.29) is 23.9 Å². The number of amides is 1. The third kappa shape index (κ3) is 3.68. The van der Waals surface area contributed by atoms with Gasteiger partial charge in [0.05, 0.1) is 12.1 Å². The second-order valence-corrected chi connectivity index (χ2v) is 7.13. The first kappa shape index (κ1) is 17.4. The summed E-state index contributed by atoms with van der Waals surface area (Å²) in [6, 6.07) is 6.94. The van der Waals surface area contributed by atoms with Crippen molar-refractivity contribution in [2.45, 2.75) is 25.7 Å². The van der Waals surface area contributed by atoms with Crippen LogP contribution in [0.5, 0.6) is 0 Å². The van der Waals surface area contributed by atoms with E-state index in [9.17, 15) is 13.2 Å². The van der Waals surface area contributed by atoms with Crippen molar-refractivity contribution in [2.24, 2.45) is 0 Å². The fourth-order valence-corrected chi connectivity index (χ4v) is 3.94. The zero-order chi connectivity index (χ0) is 17.0. The number of hydrogen-bond acceptors (Lipinski definition) is 4. The van der Waals surface area contributed by atoms with Gasteiger partial charge >= 0.3 is 0 Å². The lowest BCUT2D eigenvalue weighted by Gasteiger charge is -2.20. The SMILES string of the molecule is CCNC(=O)CN(CC)S(=O)(=O)c1cccc2cc(C)cnc12. The molecule has 0 aliphatic carbocycles. The van der Waals surface area contributed by atoms with Gasteiger partial charge in [0.2, 0.25) is 15.9 Å². The third-order valence-electron chi connectivity index (χ3n) is 3.48. The van der Waals surface area contributed by atoms with Crippen LogP contribution in [0.25, 0.3) is 10.9 Å². The number of sulfonamides is 1. The van der Waals surface area contributed by atoms with Crippen molar-refractivity contribution in [3.05, 3.63) is 36.0 Å². The van der Waals surface area contributed by atoms with Crippen molar-refractivity contribution >= 4 is 26.8 Å². The van der Waals surface area contributed by atoms with Gasteiger partial charge < -0.3 is 5.32 Å². The van der Waals surface area contributed by atoms with Crippen LogP contribution < -0.4 is 5.32 Å². The van der Waals surface area contributed by atoms with Gasteiger partial charge in [0.15, 0.2) is 0 Å². The number of aryl methyl sites for hydroxylation is 1. The normalized spacial score (nSPS) is 11.8. The summed E-state index contributed by atoms with van der Waals surface area (Å²) in [4.78, 5) is 16.2. The Labute approximate surface area is 136 Å². The van der Waals surface area contributed by atoms with Crippen molar-refractivity contribution in [3.8, 4) is 0 Å². The summed E-state index contributed by atoms with van der Waals surface area (Å²) in [5.41, 5.74) is 1.38. The first-order valence-electron chi connectivity index (χ1n) is 7.52. The number of para-hydroxylation sites is 1. The number of carbonyl (C=O) groups excluding carboxylic acids is 1. The van der Waals surface area contributed by atoms with Crippen molar-refractivity contribution in [1.82, 2.24) is 14.6 Å². The second-order valence-electron chi connectivity index (χ2n) is 5.23. The molecule has 1 aromatic heterocycles. The van der Waals surface area contributed by atoms with E-state index in [4.69, 9.17) is 0 Å². The van der Waals surface area contributed by atoms with E-state index < -0.39 is 10.0 Å². The first-order chi connectivity index (χ1) is 10.9. The molecule has 0 atom stereocenters. The molecule has 2 aromatic rings. The maximum Gasteiger partial charge on any atom is 0.245 e. The van der Waals surface area contributed by atoms with E-state index in [0.29, 0.717) is 12.1 Å². The molecule has 2 rings (SSSR count). The highest BCUT2D eigenvalue weighted by molar-refractivity contribution is 7.89. The highest BCUT2D eigenvalue weighted by atomic mass is 32.2. The number of nitrogens with zero attached hydrogens (tertiary/aromatic N) is 2. The van der Waals surface area contributed by atoms with Crippen LogP contribution in [0.4, 0.5) is 0 Å². The zero-order valence-electron chi connectivity index (χ0n) is 13.5. The van der Waals surface area contributed by atoms with Gasteiger partial charge in [-0.2, -0.15) is 4.31 Å². The Kier molecular flexibility index (Phi) is 5.33. The molecule has 0 aliphatic heterocycles. The number of nitrogens with one attached hydrogen (secondary N) is 1. The lowest BCUT2D eigenvalue weighted by atomic mass is 10.2. The predicted octanol–water partition coefficient (Wildman–Crippen LogP) is 1.69. The van der Waals surface area contributed by atoms with Gasteiger partial charge in [-0.3, -0.25) is 9.78 Å². The second kappa shape index (κ2) is 7.06. The molecule has 1 N–H and O–H groups in total. The molecule has 1 aromatic carbocycles. The van der Waals surface area contributed by atoms with Gasteiger partial charge in [0, 0.05) is 24.7 Å². The van der Waals surface area contributed by atoms with Gasteiger partial charge in [-0.05, 0) is 31.5 Å². The van der Waals surface area contributed by atoms with Crippen LogP contribution in [0.3, 0.4) is 0 Å². The van der Waals surface area contributed by atoms with E-state index in [1.165, 1.54) is 6.07 Å². The summed E-state index contributed by atoms with van der Waals surface area (Å²) in [5, 5.41) is 3.38. The molecule has 0 saturated heterocycles. The molecular formula is C16H21N3O3S. The molecule has 0 aliphatic rings. The fraction of sp³-hybridized carbons (Fsp3) is 0.375. The van der Waals surface area contributed by atoms with Gasteiger partial charge in [0.25, 0.3) is 0 Å².